The van der Waals surface area contributed by atoms with E-state index in [9.17, 15) is 8.42 Å². The molecule has 0 aromatic carbocycles. The topological polar surface area (TPSA) is 94.6 Å². The van der Waals surface area contributed by atoms with Crippen molar-refractivity contribution in [2.75, 3.05) is 13.2 Å². The molecular formula is C11H18N2O4S. The van der Waals surface area contributed by atoms with Crippen molar-refractivity contribution in [3.8, 4) is 0 Å². The fraction of sp³-hybridized carbons (Fsp3) is 0.636. The van der Waals surface area contributed by atoms with Crippen LogP contribution in [0.1, 0.15) is 25.5 Å². The Balaban J connectivity index is 1.96. The summed E-state index contributed by atoms with van der Waals surface area (Å²) in [5.74, 6) is 0.562. The first kappa shape index (κ1) is 13.5. The molecule has 6 nitrogen and oxygen atoms in total. The van der Waals surface area contributed by atoms with Gasteiger partial charge in [-0.05, 0) is 31.9 Å². The smallest absolute Gasteiger partial charge is 0.271 e. The number of nitrogens with two attached hydrogens (primary N) is 1. The first-order valence-corrected chi connectivity index (χ1v) is 7.38. The Morgan fingerprint density at radius 2 is 2.06 bits per heavy atom. The monoisotopic (exact) mass is 274 g/mol. The van der Waals surface area contributed by atoms with Crippen LogP contribution in [0.15, 0.2) is 21.6 Å². The zero-order valence-corrected chi connectivity index (χ0v) is 11.1. The van der Waals surface area contributed by atoms with Gasteiger partial charge in [0, 0.05) is 18.8 Å². The minimum absolute atomic E-state index is 0.00674. The first-order chi connectivity index (χ1) is 8.39. The van der Waals surface area contributed by atoms with Crippen LogP contribution in [0.2, 0.25) is 0 Å². The third kappa shape index (κ3) is 3.32. The van der Waals surface area contributed by atoms with E-state index in [-0.39, 0.29) is 10.6 Å². The molecule has 0 radical (unpaired) electrons. The van der Waals surface area contributed by atoms with E-state index in [4.69, 9.17) is 14.3 Å². The van der Waals surface area contributed by atoms with Crippen molar-refractivity contribution >= 4 is 10.0 Å². The van der Waals surface area contributed by atoms with Crippen molar-refractivity contribution in [1.29, 1.82) is 0 Å². The maximum Gasteiger partial charge on any atom is 0.271 e. The van der Waals surface area contributed by atoms with Gasteiger partial charge in [-0.25, -0.2) is 13.6 Å². The second-order valence-corrected chi connectivity index (χ2v) is 6.28. The number of primary sulfonamides is 1. The van der Waals surface area contributed by atoms with Crippen molar-refractivity contribution in [2.24, 2.45) is 5.14 Å². The molecule has 18 heavy (non-hydrogen) atoms. The molecule has 0 saturated carbocycles. The molecule has 0 unspecified atom stereocenters. The zero-order valence-electron chi connectivity index (χ0n) is 10.3. The van der Waals surface area contributed by atoms with Crippen molar-refractivity contribution in [2.45, 2.75) is 36.9 Å². The van der Waals surface area contributed by atoms with E-state index in [1.54, 1.807) is 6.07 Å². The normalized spacial score (nSPS) is 19.9. The summed E-state index contributed by atoms with van der Waals surface area (Å²) in [6.07, 6.45) is 1.85. The van der Waals surface area contributed by atoms with Crippen molar-refractivity contribution < 1.29 is 17.6 Å². The Morgan fingerprint density at radius 3 is 2.61 bits per heavy atom. The van der Waals surface area contributed by atoms with Crippen LogP contribution in [0.25, 0.3) is 0 Å². The third-order valence-corrected chi connectivity index (χ3v) is 3.98. The van der Waals surface area contributed by atoms with Crippen LogP contribution in [0.3, 0.4) is 0 Å². The Bertz CT molecular complexity index is 503. The lowest BCUT2D eigenvalue weighted by molar-refractivity contribution is 0.0438. The fourth-order valence-electron chi connectivity index (χ4n) is 1.91. The van der Waals surface area contributed by atoms with Crippen LogP contribution in [0, 0.1) is 0 Å². The van der Waals surface area contributed by atoms with E-state index in [2.05, 4.69) is 12.2 Å². The SMILES string of the molecule is CC1(NCc2ccc(S(N)(=O)=O)o2)CCOCC1. The number of sulfonamides is 1. The summed E-state index contributed by atoms with van der Waals surface area (Å²) >= 11 is 0. The molecule has 1 aromatic heterocycles. The van der Waals surface area contributed by atoms with Crippen LogP contribution < -0.4 is 10.5 Å². The summed E-state index contributed by atoms with van der Waals surface area (Å²) in [7, 11) is -3.75. The van der Waals surface area contributed by atoms with Crippen LogP contribution in [-0.4, -0.2) is 27.2 Å². The number of furan rings is 1. The van der Waals surface area contributed by atoms with Crippen LogP contribution in [0.4, 0.5) is 0 Å². The second kappa shape index (κ2) is 5.00. The first-order valence-electron chi connectivity index (χ1n) is 5.83. The highest BCUT2D eigenvalue weighted by atomic mass is 32.2. The van der Waals surface area contributed by atoms with Crippen LogP contribution >= 0.6 is 0 Å². The van der Waals surface area contributed by atoms with Gasteiger partial charge in [-0.3, -0.25) is 0 Å². The molecule has 1 aromatic rings. The van der Waals surface area contributed by atoms with Gasteiger partial charge in [0.2, 0.25) is 5.09 Å². The minimum atomic E-state index is -3.75. The highest BCUT2D eigenvalue weighted by Gasteiger charge is 2.26. The quantitative estimate of drug-likeness (QED) is 0.837. The molecule has 1 fully saturated rings. The molecule has 1 aliphatic rings. The molecule has 102 valence electrons. The Labute approximate surface area is 107 Å². The molecule has 0 bridgehead atoms. The molecule has 1 aliphatic heterocycles. The molecule has 0 amide bonds. The maximum absolute atomic E-state index is 11.1. The summed E-state index contributed by atoms with van der Waals surface area (Å²) < 4.78 is 32.6. The van der Waals surface area contributed by atoms with Gasteiger partial charge >= 0.3 is 0 Å². The van der Waals surface area contributed by atoms with Gasteiger partial charge in [0.05, 0.1) is 6.54 Å². The summed E-state index contributed by atoms with van der Waals surface area (Å²) in [5.41, 5.74) is 0.00674. The van der Waals surface area contributed by atoms with Gasteiger partial charge in [0.1, 0.15) is 5.76 Å². The van der Waals surface area contributed by atoms with E-state index >= 15 is 0 Å². The minimum Gasteiger partial charge on any atom is -0.447 e. The van der Waals surface area contributed by atoms with E-state index < -0.39 is 10.0 Å². The van der Waals surface area contributed by atoms with E-state index in [0.717, 1.165) is 26.1 Å². The van der Waals surface area contributed by atoms with Crippen molar-refractivity contribution in [3.05, 3.63) is 17.9 Å². The van der Waals surface area contributed by atoms with E-state index in [1.165, 1.54) is 6.07 Å². The number of rotatable bonds is 4. The molecule has 0 aliphatic carbocycles. The highest BCUT2D eigenvalue weighted by Crippen LogP contribution is 2.21. The second-order valence-electron chi connectivity index (χ2n) is 4.79. The predicted molar refractivity (Wildman–Crippen MR) is 65.4 cm³/mol. The van der Waals surface area contributed by atoms with Gasteiger partial charge in [-0.15, -0.1) is 0 Å². The number of hydrogen-bond donors (Lipinski definition) is 2. The van der Waals surface area contributed by atoms with Crippen molar-refractivity contribution in [3.63, 3.8) is 0 Å². The van der Waals surface area contributed by atoms with Gasteiger partial charge in [-0.1, -0.05) is 0 Å². The largest absolute Gasteiger partial charge is 0.447 e. The van der Waals surface area contributed by atoms with Crippen molar-refractivity contribution in [1.82, 2.24) is 5.32 Å². The van der Waals surface area contributed by atoms with Crippen LogP contribution in [-0.2, 0) is 21.3 Å². The Hall–Kier alpha value is -0.890. The van der Waals surface area contributed by atoms with Gasteiger partial charge in [-0.2, -0.15) is 0 Å². The lowest BCUT2D eigenvalue weighted by atomic mass is 9.92. The van der Waals surface area contributed by atoms with Crippen LogP contribution in [0.5, 0.6) is 0 Å². The summed E-state index contributed by atoms with van der Waals surface area (Å²) in [6, 6.07) is 2.99. The molecular weight excluding hydrogens is 256 g/mol. The summed E-state index contributed by atoms with van der Waals surface area (Å²) in [4.78, 5) is 0. The lowest BCUT2D eigenvalue weighted by Gasteiger charge is -2.34. The number of nitrogens with one attached hydrogen (secondary N) is 1. The fourth-order valence-corrected chi connectivity index (χ4v) is 2.39. The number of hydrogen-bond acceptors (Lipinski definition) is 5. The lowest BCUT2D eigenvalue weighted by Crippen LogP contribution is -2.46. The summed E-state index contributed by atoms with van der Waals surface area (Å²) in [5, 5.41) is 8.15. The van der Waals surface area contributed by atoms with E-state index in [1.807, 2.05) is 0 Å². The van der Waals surface area contributed by atoms with Gasteiger partial charge < -0.3 is 14.5 Å². The molecule has 2 heterocycles. The average molecular weight is 274 g/mol. The zero-order chi connectivity index (χ0) is 13.2. The Morgan fingerprint density at radius 1 is 1.39 bits per heavy atom. The molecule has 3 N–H and O–H groups in total. The standard InChI is InChI=1S/C11H18N2O4S/c1-11(4-6-16-7-5-11)13-8-9-2-3-10(17-9)18(12,14)15/h2-3,13H,4-8H2,1H3,(H2,12,14,15). The van der Waals surface area contributed by atoms with Gasteiger partial charge in [0.15, 0.2) is 0 Å². The predicted octanol–water partition coefficient (Wildman–Crippen LogP) is 0.586. The molecule has 0 spiro atoms. The molecule has 1 saturated heterocycles. The average Bonchev–Trinajstić information content (AvgIpc) is 2.76. The highest BCUT2D eigenvalue weighted by molar-refractivity contribution is 7.89. The number of ether oxygens (including phenoxy) is 1. The molecule has 2 rings (SSSR count). The summed E-state index contributed by atoms with van der Waals surface area (Å²) in [6.45, 7) is 4.08. The molecule has 0 atom stereocenters. The maximum atomic E-state index is 11.1. The Kier molecular flexibility index (Phi) is 3.76. The third-order valence-electron chi connectivity index (χ3n) is 3.20. The van der Waals surface area contributed by atoms with Gasteiger partial charge in [0.25, 0.3) is 10.0 Å². The van der Waals surface area contributed by atoms with E-state index in [0.29, 0.717) is 12.3 Å². The molecule has 7 heteroatoms.